The van der Waals surface area contributed by atoms with Crippen LogP contribution >= 0.6 is 11.3 Å². The number of thiazole rings is 1. The lowest BCUT2D eigenvalue weighted by atomic mass is 10.1. The summed E-state index contributed by atoms with van der Waals surface area (Å²) in [6.07, 6.45) is 0. The van der Waals surface area contributed by atoms with E-state index in [0.29, 0.717) is 24.5 Å². The van der Waals surface area contributed by atoms with Crippen molar-refractivity contribution in [1.29, 1.82) is 0 Å². The van der Waals surface area contributed by atoms with Gasteiger partial charge in [-0.2, -0.15) is 4.31 Å². The van der Waals surface area contributed by atoms with E-state index >= 15 is 0 Å². The van der Waals surface area contributed by atoms with E-state index in [0.717, 1.165) is 16.3 Å². The molecule has 1 aliphatic heterocycles. The molecule has 3 aromatic rings. The molecule has 2 heterocycles. The van der Waals surface area contributed by atoms with Crippen molar-refractivity contribution in [2.75, 3.05) is 33.4 Å². The van der Waals surface area contributed by atoms with Crippen LogP contribution in [-0.4, -0.2) is 57.1 Å². The fourth-order valence-corrected chi connectivity index (χ4v) is 5.63. The molecule has 0 atom stereocenters. The molecule has 0 spiro atoms. The van der Waals surface area contributed by atoms with Crippen molar-refractivity contribution < 1.29 is 27.4 Å². The Morgan fingerprint density at radius 3 is 2.73 bits per heavy atom. The number of hydrogen-bond donors (Lipinski definition) is 0. The largest absolute Gasteiger partial charge is 0.497 e. The summed E-state index contributed by atoms with van der Waals surface area (Å²) >= 11 is 1.44. The number of rotatable bonds is 7. The molecule has 0 bridgehead atoms. The topological polar surface area (TPSA) is 95.0 Å². The molecule has 33 heavy (non-hydrogen) atoms. The van der Waals surface area contributed by atoms with E-state index in [9.17, 15) is 13.2 Å². The lowest BCUT2D eigenvalue weighted by Crippen LogP contribution is -2.40. The summed E-state index contributed by atoms with van der Waals surface area (Å²) in [5.74, 6) is 0.139. The molecule has 1 aliphatic rings. The number of ether oxygens (including phenoxy) is 3. The fraction of sp³-hybridized carbons (Fsp3) is 0.304. The van der Waals surface area contributed by atoms with Gasteiger partial charge in [0.15, 0.2) is 0 Å². The second kappa shape index (κ2) is 10.0. The van der Waals surface area contributed by atoms with Crippen LogP contribution in [0.3, 0.4) is 0 Å². The Morgan fingerprint density at radius 1 is 1.18 bits per heavy atom. The van der Waals surface area contributed by atoms with Crippen molar-refractivity contribution in [3.8, 4) is 16.3 Å². The van der Waals surface area contributed by atoms with Gasteiger partial charge in [0.25, 0.3) is 0 Å². The molecule has 8 nitrogen and oxygen atoms in total. The van der Waals surface area contributed by atoms with E-state index in [4.69, 9.17) is 14.2 Å². The fourth-order valence-electron chi connectivity index (χ4n) is 3.40. The predicted molar refractivity (Wildman–Crippen MR) is 124 cm³/mol. The van der Waals surface area contributed by atoms with Gasteiger partial charge in [-0.1, -0.05) is 18.2 Å². The molecular weight excluding hydrogens is 464 g/mol. The highest BCUT2D eigenvalue weighted by atomic mass is 32.2. The zero-order valence-corrected chi connectivity index (χ0v) is 19.9. The van der Waals surface area contributed by atoms with Gasteiger partial charge in [0, 0.05) is 24.0 Å². The van der Waals surface area contributed by atoms with Gasteiger partial charge in [-0.05, 0) is 36.8 Å². The summed E-state index contributed by atoms with van der Waals surface area (Å²) in [6, 6.07) is 12.1. The van der Waals surface area contributed by atoms with E-state index in [1.54, 1.807) is 20.1 Å². The van der Waals surface area contributed by atoms with E-state index in [1.165, 1.54) is 27.8 Å². The van der Waals surface area contributed by atoms with Gasteiger partial charge in [0.05, 0.1) is 36.5 Å². The first-order valence-corrected chi connectivity index (χ1v) is 12.6. The minimum atomic E-state index is -3.71. The molecule has 0 amide bonds. The maximum Gasteiger partial charge on any atom is 0.338 e. The summed E-state index contributed by atoms with van der Waals surface area (Å²) < 4.78 is 43.2. The van der Waals surface area contributed by atoms with Gasteiger partial charge < -0.3 is 14.2 Å². The third-order valence-electron chi connectivity index (χ3n) is 5.26. The quantitative estimate of drug-likeness (QED) is 0.470. The highest BCUT2D eigenvalue weighted by molar-refractivity contribution is 7.89. The monoisotopic (exact) mass is 488 g/mol. The number of hydrogen-bond acceptors (Lipinski definition) is 8. The Bertz CT molecular complexity index is 1250. The molecule has 0 N–H and O–H groups in total. The number of methoxy groups -OCH3 is 1. The SMILES string of the molecule is COc1cccc(-c2nc(COC(=O)c3cc(S(=O)(=O)N4CCOCC4)ccc3C)cs2)c1. The number of nitrogens with zero attached hydrogens (tertiary/aromatic N) is 2. The van der Waals surface area contributed by atoms with Crippen LogP contribution in [0, 0.1) is 6.92 Å². The highest BCUT2D eigenvalue weighted by Gasteiger charge is 2.27. The van der Waals surface area contributed by atoms with Crippen molar-refractivity contribution in [3.63, 3.8) is 0 Å². The van der Waals surface area contributed by atoms with Crippen LogP contribution in [0.25, 0.3) is 10.6 Å². The van der Waals surface area contributed by atoms with Gasteiger partial charge >= 0.3 is 5.97 Å². The van der Waals surface area contributed by atoms with E-state index in [-0.39, 0.29) is 30.2 Å². The van der Waals surface area contributed by atoms with Gasteiger partial charge in [0.1, 0.15) is 17.4 Å². The lowest BCUT2D eigenvalue weighted by molar-refractivity contribution is 0.0467. The molecular formula is C23H24N2O6S2. The Hall–Kier alpha value is -2.79. The van der Waals surface area contributed by atoms with Crippen LogP contribution < -0.4 is 4.74 Å². The maximum atomic E-state index is 12.9. The first-order valence-electron chi connectivity index (χ1n) is 10.3. The van der Waals surface area contributed by atoms with E-state index < -0.39 is 16.0 Å². The normalized spacial score (nSPS) is 14.7. The molecule has 1 aromatic heterocycles. The first-order chi connectivity index (χ1) is 15.9. The molecule has 1 saturated heterocycles. The summed E-state index contributed by atoms with van der Waals surface area (Å²) in [6.45, 7) is 3.01. The summed E-state index contributed by atoms with van der Waals surface area (Å²) in [5.41, 5.74) is 2.37. The Labute approximate surface area is 196 Å². The number of morpholine rings is 1. The van der Waals surface area contributed by atoms with Crippen molar-refractivity contribution in [2.45, 2.75) is 18.4 Å². The lowest BCUT2D eigenvalue weighted by Gasteiger charge is -2.26. The Morgan fingerprint density at radius 2 is 1.97 bits per heavy atom. The maximum absolute atomic E-state index is 12.9. The average molecular weight is 489 g/mol. The third-order valence-corrected chi connectivity index (χ3v) is 8.09. The zero-order valence-electron chi connectivity index (χ0n) is 18.3. The minimum absolute atomic E-state index is 0.0147. The van der Waals surface area contributed by atoms with Gasteiger partial charge in [-0.15, -0.1) is 11.3 Å². The Balaban J connectivity index is 1.47. The van der Waals surface area contributed by atoms with Crippen LogP contribution in [0.2, 0.25) is 0 Å². The minimum Gasteiger partial charge on any atom is -0.497 e. The molecule has 1 fully saturated rings. The highest BCUT2D eigenvalue weighted by Crippen LogP contribution is 2.27. The number of carbonyl (C=O) groups is 1. The first kappa shape index (κ1) is 23.4. The molecule has 0 radical (unpaired) electrons. The van der Waals surface area contributed by atoms with Crippen molar-refractivity contribution in [2.24, 2.45) is 0 Å². The third kappa shape index (κ3) is 5.25. The molecule has 0 unspecified atom stereocenters. The van der Waals surface area contributed by atoms with Gasteiger partial charge in [-0.25, -0.2) is 18.2 Å². The number of aromatic nitrogens is 1. The van der Waals surface area contributed by atoms with Gasteiger partial charge in [0.2, 0.25) is 10.0 Å². The second-order valence-electron chi connectivity index (χ2n) is 7.45. The van der Waals surface area contributed by atoms with Gasteiger partial charge in [-0.3, -0.25) is 0 Å². The molecule has 4 rings (SSSR count). The Kier molecular flexibility index (Phi) is 7.08. The van der Waals surface area contributed by atoms with Crippen LogP contribution in [0.5, 0.6) is 5.75 Å². The standard InChI is InChI=1S/C23H24N2O6S2/c1-16-6-7-20(33(27,28)25-8-10-30-11-9-25)13-21(16)23(26)31-14-18-15-32-22(24-18)17-4-3-5-19(12-17)29-2/h3-7,12-13,15H,8-11,14H2,1-2H3. The van der Waals surface area contributed by atoms with Crippen LogP contribution in [-0.2, 0) is 26.1 Å². The zero-order chi connectivity index (χ0) is 23.4. The molecule has 10 heteroatoms. The molecule has 174 valence electrons. The summed E-state index contributed by atoms with van der Waals surface area (Å²) in [7, 11) is -2.10. The van der Waals surface area contributed by atoms with Crippen molar-refractivity contribution in [3.05, 3.63) is 64.7 Å². The van der Waals surface area contributed by atoms with Crippen molar-refractivity contribution >= 4 is 27.3 Å². The number of benzene rings is 2. The van der Waals surface area contributed by atoms with Crippen LogP contribution in [0.15, 0.2) is 52.7 Å². The smallest absolute Gasteiger partial charge is 0.338 e. The molecule has 0 saturated carbocycles. The number of aryl methyl sites for hydroxylation is 1. The van der Waals surface area contributed by atoms with Crippen LogP contribution in [0.1, 0.15) is 21.6 Å². The summed E-state index contributed by atoms with van der Waals surface area (Å²) in [4.78, 5) is 17.4. The van der Waals surface area contributed by atoms with Crippen molar-refractivity contribution in [1.82, 2.24) is 9.29 Å². The number of carbonyl (C=O) groups excluding carboxylic acids is 1. The van der Waals surface area contributed by atoms with E-state index in [1.807, 2.05) is 29.6 Å². The molecule has 2 aromatic carbocycles. The second-order valence-corrected chi connectivity index (χ2v) is 10.2. The molecule has 0 aliphatic carbocycles. The number of esters is 1. The van der Waals surface area contributed by atoms with Crippen LogP contribution in [0.4, 0.5) is 0 Å². The predicted octanol–water partition coefficient (Wildman–Crippen LogP) is 3.51. The average Bonchev–Trinajstić information content (AvgIpc) is 3.32. The van der Waals surface area contributed by atoms with E-state index in [2.05, 4.69) is 4.98 Å². The number of sulfonamides is 1. The summed E-state index contributed by atoms with van der Waals surface area (Å²) in [5, 5.41) is 2.61.